The molecule has 0 aliphatic carbocycles. The highest BCUT2D eigenvalue weighted by molar-refractivity contribution is 6.29. The van der Waals surface area contributed by atoms with Crippen LogP contribution in [0.2, 0.25) is 5.15 Å². The minimum Gasteiger partial charge on any atom is -0.444 e. The van der Waals surface area contributed by atoms with Gasteiger partial charge in [0.1, 0.15) is 11.1 Å². The van der Waals surface area contributed by atoms with Gasteiger partial charge in [-0.15, -0.1) is 10.2 Å². The van der Waals surface area contributed by atoms with Crippen molar-refractivity contribution in [2.75, 3.05) is 13.1 Å². The number of aromatic amines is 1. The van der Waals surface area contributed by atoms with Gasteiger partial charge in [-0.05, 0) is 44.4 Å². The molecule has 0 radical (unpaired) electrons. The van der Waals surface area contributed by atoms with Crippen LogP contribution in [0.3, 0.4) is 0 Å². The smallest absolute Gasteiger partial charge is 0.410 e. The van der Waals surface area contributed by atoms with Gasteiger partial charge >= 0.3 is 6.09 Å². The zero-order chi connectivity index (χ0) is 20.1. The van der Waals surface area contributed by atoms with Crippen molar-refractivity contribution in [1.29, 1.82) is 0 Å². The first-order chi connectivity index (χ1) is 13.2. The first-order valence-corrected chi connectivity index (χ1v) is 9.34. The molecule has 4 heterocycles. The predicted molar refractivity (Wildman–Crippen MR) is 107 cm³/mol. The molecular weight excluding hydrogens is 382 g/mol. The summed E-state index contributed by atoms with van der Waals surface area (Å²) in [4.78, 5) is 29.0. The van der Waals surface area contributed by atoms with Crippen molar-refractivity contribution in [3.05, 3.63) is 45.5 Å². The molecule has 0 aromatic carbocycles. The van der Waals surface area contributed by atoms with Crippen molar-refractivity contribution >= 4 is 39.9 Å². The number of hydrogen-bond donors (Lipinski definition) is 1. The van der Waals surface area contributed by atoms with Gasteiger partial charge in [-0.1, -0.05) is 17.7 Å². The Morgan fingerprint density at radius 3 is 2.71 bits per heavy atom. The molecule has 3 aromatic heterocycles. The number of ether oxygens (including phenoxy) is 1. The number of halogens is 1. The standard InChI is InChI=1S/C19H20ClN5O3/c1-19(2,3)28-18(27)24-6-4-11(5-7-24)12-8-14-17(26)21-16-13(25(14)10-12)9-15(20)22-23-16/h4,8-10H,5-7H2,1-3H3,(H,21,23,26). The molecule has 0 fully saturated rings. The molecule has 3 aromatic rings. The molecular formula is C19H20ClN5O3. The number of fused-ring (bicyclic) bond motifs is 3. The molecule has 1 amide bonds. The van der Waals surface area contributed by atoms with Crippen molar-refractivity contribution in [1.82, 2.24) is 24.5 Å². The number of aromatic nitrogens is 4. The van der Waals surface area contributed by atoms with Gasteiger partial charge < -0.3 is 19.0 Å². The molecule has 1 aliphatic heterocycles. The third-order valence-corrected chi connectivity index (χ3v) is 4.70. The highest BCUT2D eigenvalue weighted by atomic mass is 35.5. The highest BCUT2D eigenvalue weighted by Crippen LogP contribution is 2.26. The van der Waals surface area contributed by atoms with Crippen LogP contribution in [-0.2, 0) is 4.74 Å². The van der Waals surface area contributed by atoms with Crippen LogP contribution in [0.1, 0.15) is 32.8 Å². The third-order valence-electron chi connectivity index (χ3n) is 4.52. The van der Waals surface area contributed by atoms with Crippen LogP contribution in [-0.4, -0.2) is 49.3 Å². The molecule has 8 nitrogen and oxygen atoms in total. The molecule has 0 saturated heterocycles. The van der Waals surface area contributed by atoms with Crippen LogP contribution in [0.25, 0.3) is 22.3 Å². The van der Waals surface area contributed by atoms with E-state index in [2.05, 4.69) is 15.2 Å². The molecule has 0 saturated carbocycles. The topological polar surface area (TPSA) is 92.6 Å². The van der Waals surface area contributed by atoms with Crippen LogP contribution in [0.5, 0.6) is 0 Å². The van der Waals surface area contributed by atoms with E-state index in [1.54, 1.807) is 15.4 Å². The quantitative estimate of drug-likeness (QED) is 0.675. The summed E-state index contributed by atoms with van der Waals surface area (Å²) in [6.07, 6.45) is 4.23. The average Bonchev–Trinajstić information content (AvgIpc) is 3.07. The second-order valence-corrected chi connectivity index (χ2v) is 8.13. The number of hydrogen-bond acceptors (Lipinski definition) is 5. The zero-order valence-electron chi connectivity index (χ0n) is 15.8. The number of rotatable bonds is 1. The maximum absolute atomic E-state index is 12.4. The molecule has 0 bridgehead atoms. The Morgan fingerprint density at radius 2 is 2.04 bits per heavy atom. The predicted octanol–water partition coefficient (Wildman–Crippen LogP) is 3.25. The lowest BCUT2D eigenvalue weighted by Crippen LogP contribution is -2.39. The summed E-state index contributed by atoms with van der Waals surface area (Å²) in [5.41, 5.74) is 2.78. The van der Waals surface area contributed by atoms with E-state index < -0.39 is 5.60 Å². The fraction of sp³-hybridized carbons (Fsp3) is 0.368. The van der Waals surface area contributed by atoms with Crippen LogP contribution < -0.4 is 5.56 Å². The Balaban J connectivity index is 1.66. The first kappa shape index (κ1) is 18.5. The Kier molecular flexibility index (Phi) is 4.38. The summed E-state index contributed by atoms with van der Waals surface area (Å²) < 4.78 is 7.19. The lowest BCUT2D eigenvalue weighted by atomic mass is 10.0. The molecule has 1 aliphatic rings. The van der Waals surface area contributed by atoms with Crippen molar-refractivity contribution in [3.8, 4) is 0 Å². The van der Waals surface area contributed by atoms with Crippen molar-refractivity contribution in [2.45, 2.75) is 32.8 Å². The van der Waals surface area contributed by atoms with E-state index in [0.29, 0.717) is 36.2 Å². The highest BCUT2D eigenvalue weighted by Gasteiger charge is 2.24. The Hall–Kier alpha value is -2.87. The molecule has 28 heavy (non-hydrogen) atoms. The average molecular weight is 402 g/mol. The number of nitrogens with zero attached hydrogens (tertiary/aromatic N) is 4. The molecule has 4 rings (SSSR count). The van der Waals surface area contributed by atoms with Gasteiger partial charge in [0, 0.05) is 25.4 Å². The van der Waals surface area contributed by atoms with Crippen molar-refractivity contribution in [2.24, 2.45) is 0 Å². The maximum Gasteiger partial charge on any atom is 0.410 e. The molecule has 0 unspecified atom stereocenters. The third kappa shape index (κ3) is 3.47. The minimum atomic E-state index is -0.520. The number of amides is 1. The van der Waals surface area contributed by atoms with Gasteiger partial charge in [-0.25, -0.2) is 4.79 Å². The zero-order valence-corrected chi connectivity index (χ0v) is 16.6. The molecule has 146 valence electrons. The second-order valence-electron chi connectivity index (χ2n) is 7.74. The lowest BCUT2D eigenvalue weighted by Gasteiger charge is -2.29. The fourth-order valence-corrected chi connectivity index (χ4v) is 3.38. The van der Waals surface area contributed by atoms with E-state index in [9.17, 15) is 9.59 Å². The SMILES string of the molecule is CC(C)(C)OC(=O)N1CC=C(c2cc3c(=O)[nH]c4nnc(Cl)cc4n3c2)CC1. The van der Waals surface area contributed by atoms with E-state index in [1.807, 2.05) is 39.1 Å². The van der Waals surface area contributed by atoms with Crippen LogP contribution >= 0.6 is 11.6 Å². The number of nitrogens with one attached hydrogen (secondary N) is 1. The van der Waals surface area contributed by atoms with E-state index in [1.165, 1.54) is 0 Å². The normalized spacial score (nSPS) is 15.1. The van der Waals surface area contributed by atoms with Crippen LogP contribution in [0, 0.1) is 0 Å². The van der Waals surface area contributed by atoms with Gasteiger partial charge in [0.15, 0.2) is 10.8 Å². The number of carbonyl (C=O) groups is 1. The van der Waals surface area contributed by atoms with E-state index in [-0.39, 0.29) is 16.8 Å². The van der Waals surface area contributed by atoms with Gasteiger partial charge in [0.05, 0.1) is 5.52 Å². The van der Waals surface area contributed by atoms with Gasteiger partial charge in [-0.2, -0.15) is 0 Å². The lowest BCUT2D eigenvalue weighted by molar-refractivity contribution is 0.0270. The molecule has 9 heteroatoms. The summed E-state index contributed by atoms with van der Waals surface area (Å²) in [5, 5.41) is 7.97. The summed E-state index contributed by atoms with van der Waals surface area (Å²) in [5.74, 6) is 0. The Labute approximate surface area is 165 Å². The van der Waals surface area contributed by atoms with E-state index in [4.69, 9.17) is 16.3 Å². The molecule has 0 atom stereocenters. The van der Waals surface area contributed by atoms with Gasteiger partial charge in [0.2, 0.25) is 0 Å². The number of carbonyl (C=O) groups excluding carboxylic acids is 1. The van der Waals surface area contributed by atoms with E-state index >= 15 is 0 Å². The summed E-state index contributed by atoms with van der Waals surface area (Å²) in [6, 6.07) is 3.50. The summed E-state index contributed by atoms with van der Waals surface area (Å²) in [6.45, 7) is 6.57. The largest absolute Gasteiger partial charge is 0.444 e. The Bertz CT molecular complexity index is 1170. The van der Waals surface area contributed by atoms with Gasteiger partial charge in [0.25, 0.3) is 5.56 Å². The monoisotopic (exact) mass is 401 g/mol. The van der Waals surface area contributed by atoms with E-state index in [0.717, 1.165) is 11.1 Å². The van der Waals surface area contributed by atoms with Crippen LogP contribution in [0.15, 0.2) is 29.2 Å². The molecule has 0 spiro atoms. The Morgan fingerprint density at radius 1 is 1.25 bits per heavy atom. The minimum absolute atomic E-state index is 0.248. The van der Waals surface area contributed by atoms with Crippen molar-refractivity contribution in [3.63, 3.8) is 0 Å². The molecule has 1 N–H and O–H groups in total. The van der Waals surface area contributed by atoms with Crippen molar-refractivity contribution < 1.29 is 9.53 Å². The number of H-pyrrole nitrogens is 1. The summed E-state index contributed by atoms with van der Waals surface area (Å²) in [7, 11) is 0. The van der Waals surface area contributed by atoms with Gasteiger partial charge in [-0.3, -0.25) is 4.79 Å². The maximum atomic E-state index is 12.4. The second kappa shape index (κ2) is 6.63. The fourth-order valence-electron chi connectivity index (χ4n) is 3.24. The summed E-state index contributed by atoms with van der Waals surface area (Å²) >= 11 is 5.97. The first-order valence-electron chi connectivity index (χ1n) is 8.96. The van der Waals surface area contributed by atoms with Crippen LogP contribution in [0.4, 0.5) is 4.79 Å².